The molecule has 2 aliphatic rings. The molecule has 0 aliphatic carbocycles. The van der Waals surface area contributed by atoms with Gasteiger partial charge in [0.05, 0.1) is 5.41 Å². The zero-order valence-corrected chi connectivity index (χ0v) is 30.5. The minimum atomic E-state index is -0.366. The van der Waals surface area contributed by atoms with Crippen LogP contribution in [0.1, 0.15) is 77.6 Å². The number of anilines is 2. The summed E-state index contributed by atoms with van der Waals surface area (Å²) in [5.74, 6) is 0. The van der Waals surface area contributed by atoms with Crippen LogP contribution in [-0.4, -0.2) is 7.05 Å². The molecule has 196 valence electrons. The number of fused-ring (bicyclic) bond motifs is 8. The molecule has 2 radical (unpaired) electrons. The van der Waals surface area contributed by atoms with Gasteiger partial charge in [0.2, 0.25) is 0 Å². The fourth-order valence-electron chi connectivity index (χ4n) is 5.07. The molecule has 2 aliphatic heterocycles. The summed E-state index contributed by atoms with van der Waals surface area (Å²) in [6, 6.07) is 34.8. The summed E-state index contributed by atoms with van der Waals surface area (Å²) in [6.45, 7) is 16.0. The van der Waals surface area contributed by atoms with Crippen molar-refractivity contribution in [3.8, 4) is 0 Å². The van der Waals surface area contributed by atoms with Crippen LogP contribution in [0.3, 0.4) is 0 Å². The summed E-state index contributed by atoms with van der Waals surface area (Å²) < 4.78 is 0. The van der Waals surface area contributed by atoms with Gasteiger partial charge >= 0.3 is 0 Å². The van der Waals surface area contributed by atoms with Crippen LogP contribution < -0.4 is 4.90 Å². The van der Waals surface area contributed by atoms with Gasteiger partial charge in [-0.3, -0.25) is 0 Å². The zero-order chi connectivity index (χ0) is 26.7. The molecule has 2 heterocycles. The number of rotatable bonds is 0. The Morgan fingerprint density at radius 3 is 1.11 bits per heavy atom. The molecule has 0 aromatic heterocycles. The summed E-state index contributed by atoms with van der Waals surface area (Å²) >= 11 is 0. The summed E-state index contributed by atoms with van der Waals surface area (Å²) in [7, 11) is 2.16. The van der Waals surface area contributed by atoms with Crippen molar-refractivity contribution in [3.05, 3.63) is 125 Å². The molecule has 0 saturated carbocycles. The summed E-state index contributed by atoms with van der Waals surface area (Å²) in [4.78, 5) is 2.31. The molecule has 0 fully saturated rings. The van der Waals surface area contributed by atoms with Gasteiger partial charge in [-0.25, -0.2) is 0 Å². The molecule has 4 heteroatoms. The van der Waals surface area contributed by atoms with Crippen LogP contribution in [0.5, 0.6) is 0 Å². The largest absolute Gasteiger partial charge is 0.657 e. The van der Waals surface area contributed by atoms with Gasteiger partial charge in [0, 0.05) is 83.8 Å². The standard InChI is InChI=1S/C26H19N2.4C2H6.2Y/c1-28-24-16-8-4-12-20(24)26(21-13-5-9-17-25(21)28)18-10-2-6-14-22(18)27-23-15-7-3-11-19(23)26;4*1-2;;/h2-17H,1H3;4*1-2H3;;/q-1;;;;;;. The number of hydrogen-bond acceptors (Lipinski definition) is 1. The van der Waals surface area contributed by atoms with E-state index in [1.807, 2.05) is 55.4 Å². The molecule has 38 heavy (non-hydrogen) atoms. The third-order valence-corrected chi connectivity index (χ3v) is 6.20. The van der Waals surface area contributed by atoms with Crippen LogP contribution in [0, 0.1) is 0 Å². The van der Waals surface area contributed by atoms with E-state index in [1.54, 1.807) is 0 Å². The van der Waals surface area contributed by atoms with Crippen molar-refractivity contribution in [2.24, 2.45) is 0 Å². The van der Waals surface area contributed by atoms with Crippen LogP contribution in [0.4, 0.5) is 22.7 Å². The molecule has 2 nitrogen and oxygen atoms in total. The zero-order valence-electron chi connectivity index (χ0n) is 24.8. The van der Waals surface area contributed by atoms with E-state index in [-0.39, 0.29) is 70.8 Å². The van der Waals surface area contributed by atoms with Crippen molar-refractivity contribution in [2.45, 2.75) is 60.8 Å². The molecule has 1 spiro atoms. The van der Waals surface area contributed by atoms with Crippen molar-refractivity contribution < 1.29 is 65.4 Å². The van der Waals surface area contributed by atoms with Gasteiger partial charge in [-0.05, 0) is 34.4 Å². The Morgan fingerprint density at radius 1 is 0.447 bits per heavy atom. The maximum Gasteiger partial charge on any atom is 0.0718 e. The Balaban J connectivity index is 0.00000126. The summed E-state index contributed by atoms with van der Waals surface area (Å²) in [5, 5.41) is 5.01. The smallest absolute Gasteiger partial charge is 0.0718 e. The van der Waals surface area contributed by atoms with E-state index in [0.717, 1.165) is 11.4 Å². The summed E-state index contributed by atoms with van der Waals surface area (Å²) in [5.41, 5.74) is 9.35. The van der Waals surface area contributed by atoms with E-state index < -0.39 is 0 Å². The molecule has 0 bridgehead atoms. The average Bonchev–Trinajstić information content (AvgIpc) is 2.99. The Hall–Kier alpha value is -1.31. The molecule has 4 aromatic rings. The number of nitrogens with zero attached hydrogens (tertiary/aromatic N) is 2. The molecular weight excluding hydrogens is 614 g/mol. The minimum Gasteiger partial charge on any atom is -0.657 e. The molecule has 6 rings (SSSR count). The minimum absolute atomic E-state index is 0. The molecule has 0 saturated heterocycles. The molecule has 4 aromatic carbocycles. The number of para-hydroxylation sites is 4. The Kier molecular flexibility index (Phi) is 17.5. The maximum absolute atomic E-state index is 5.01. The Morgan fingerprint density at radius 2 is 0.737 bits per heavy atom. The van der Waals surface area contributed by atoms with Crippen molar-refractivity contribution in [3.63, 3.8) is 0 Å². The first-order chi connectivity index (χ1) is 17.8. The van der Waals surface area contributed by atoms with Gasteiger partial charge in [-0.1, -0.05) is 140 Å². The van der Waals surface area contributed by atoms with Crippen molar-refractivity contribution in [1.82, 2.24) is 0 Å². The van der Waals surface area contributed by atoms with E-state index in [1.165, 1.54) is 33.6 Å². The maximum atomic E-state index is 5.01. The van der Waals surface area contributed by atoms with E-state index >= 15 is 0 Å². The van der Waals surface area contributed by atoms with Crippen LogP contribution in [0.15, 0.2) is 97.1 Å². The first kappa shape index (κ1) is 36.7. The van der Waals surface area contributed by atoms with Crippen LogP contribution in [0.2, 0.25) is 0 Å². The molecule has 0 atom stereocenters. The summed E-state index contributed by atoms with van der Waals surface area (Å²) in [6.07, 6.45) is 0. The first-order valence-corrected chi connectivity index (χ1v) is 13.7. The van der Waals surface area contributed by atoms with Crippen molar-refractivity contribution in [1.29, 1.82) is 0 Å². The van der Waals surface area contributed by atoms with Gasteiger partial charge in [0.1, 0.15) is 0 Å². The van der Waals surface area contributed by atoms with E-state index in [2.05, 4.69) is 109 Å². The van der Waals surface area contributed by atoms with E-state index in [4.69, 9.17) is 5.32 Å². The Bertz CT molecular complexity index is 1140. The second kappa shape index (κ2) is 18.1. The molecule has 0 amide bonds. The van der Waals surface area contributed by atoms with Gasteiger partial charge in [0.15, 0.2) is 0 Å². The predicted molar refractivity (Wildman–Crippen MR) is 161 cm³/mol. The molecular formula is C34H43N2Y2-. The van der Waals surface area contributed by atoms with E-state index in [0.29, 0.717) is 0 Å². The number of benzene rings is 4. The fourth-order valence-corrected chi connectivity index (χ4v) is 5.07. The second-order valence-electron chi connectivity index (χ2n) is 7.49. The van der Waals surface area contributed by atoms with Crippen LogP contribution in [-0.2, 0) is 70.8 Å². The van der Waals surface area contributed by atoms with E-state index in [9.17, 15) is 0 Å². The van der Waals surface area contributed by atoms with Gasteiger partial charge in [-0.2, -0.15) is 0 Å². The third kappa shape index (κ3) is 6.36. The monoisotopic (exact) mass is 657 g/mol. The average molecular weight is 658 g/mol. The van der Waals surface area contributed by atoms with Crippen LogP contribution >= 0.6 is 0 Å². The van der Waals surface area contributed by atoms with Gasteiger partial charge in [-0.15, -0.1) is 11.4 Å². The Labute approximate surface area is 282 Å². The predicted octanol–water partition coefficient (Wildman–Crippen LogP) is 10.9. The van der Waals surface area contributed by atoms with Gasteiger partial charge < -0.3 is 10.2 Å². The topological polar surface area (TPSA) is 17.3 Å². The molecule has 0 N–H and O–H groups in total. The third-order valence-electron chi connectivity index (χ3n) is 6.20. The first-order valence-electron chi connectivity index (χ1n) is 13.7. The van der Waals surface area contributed by atoms with Crippen molar-refractivity contribution in [2.75, 3.05) is 11.9 Å². The SMILES string of the molecule is CC.CC.CC.CC.CN1c2ccccc2C2(c3ccccc3[N-]c3ccccc32)c2ccccc21.[Y].[Y]. The normalized spacial score (nSPS) is 11.8. The fraction of sp³-hybridized carbons (Fsp3) is 0.294. The second-order valence-corrected chi connectivity index (χ2v) is 7.49. The quantitative estimate of drug-likeness (QED) is 0.162. The molecule has 0 unspecified atom stereocenters. The number of hydrogen-bond donors (Lipinski definition) is 0. The van der Waals surface area contributed by atoms with Crippen molar-refractivity contribution >= 4 is 22.7 Å². The van der Waals surface area contributed by atoms with Gasteiger partial charge in [0.25, 0.3) is 0 Å². The van der Waals surface area contributed by atoms with Crippen LogP contribution in [0.25, 0.3) is 5.32 Å².